The van der Waals surface area contributed by atoms with Crippen molar-refractivity contribution in [3.63, 3.8) is 0 Å². The van der Waals surface area contributed by atoms with Gasteiger partial charge < -0.3 is 42.6 Å². The van der Waals surface area contributed by atoms with Crippen LogP contribution < -0.4 is 0 Å². The number of carbonyl (C=O) groups excluding carboxylic acids is 5. The third-order valence-electron chi connectivity index (χ3n) is 6.41. The average molecular weight is 542 g/mol. The first-order chi connectivity index (χ1) is 18.0. The lowest BCUT2D eigenvalue weighted by atomic mass is 9.79. The van der Waals surface area contributed by atoms with Gasteiger partial charge in [0.25, 0.3) is 0 Å². The molecule has 4 aliphatic heterocycles. The fourth-order valence-electron chi connectivity index (χ4n) is 4.89. The molecule has 0 bridgehead atoms. The number of esters is 5. The molecule has 0 spiro atoms. The molecule has 4 rings (SSSR count). The summed E-state index contributed by atoms with van der Waals surface area (Å²) < 4.78 is 49.9. The molecule has 9 atom stereocenters. The monoisotopic (exact) mass is 542 g/mol. The van der Waals surface area contributed by atoms with Crippen LogP contribution in [0.4, 0.5) is 0 Å². The van der Waals surface area contributed by atoms with E-state index in [0.29, 0.717) is 18.6 Å². The summed E-state index contributed by atoms with van der Waals surface area (Å²) in [4.78, 5) is 59.7. The van der Waals surface area contributed by atoms with Crippen molar-refractivity contribution in [3.8, 4) is 0 Å². The molecule has 0 aromatic heterocycles. The van der Waals surface area contributed by atoms with E-state index in [4.69, 9.17) is 42.6 Å². The van der Waals surface area contributed by atoms with Gasteiger partial charge in [0.05, 0.1) is 37.1 Å². The molecule has 0 aromatic rings. The van der Waals surface area contributed by atoms with Crippen LogP contribution in [-0.2, 0) is 66.6 Å². The zero-order valence-corrected chi connectivity index (χ0v) is 21.3. The Kier molecular flexibility index (Phi) is 8.53. The van der Waals surface area contributed by atoms with Crippen molar-refractivity contribution >= 4 is 29.8 Å². The number of epoxide rings is 1. The van der Waals surface area contributed by atoms with Gasteiger partial charge in [-0.3, -0.25) is 19.2 Å². The first kappa shape index (κ1) is 27.8. The molecule has 38 heavy (non-hydrogen) atoms. The maximum Gasteiger partial charge on any atom is 0.337 e. The standard InChI is InChI=1S/C24H30O14/c1-10(25)31-9-17-19(34-11(2)26)20(35-12(3)27)21(36-13(4)28)24(37-17)38-23-18(16-8-32-16)14-5-6-30-22(29)15(14)7-33-23/h7,14,16-21,23-24H,5-6,8-9H2,1-4H3/t14-,16?,17-,18+,19-,20+,21-,23+,24+/m1/s1. The van der Waals surface area contributed by atoms with Crippen molar-refractivity contribution < 1.29 is 66.6 Å². The van der Waals surface area contributed by atoms with Crippen LogP contribution in [0.15, 0.2) is 11.8 Å². The van der Waals surface area contributed by atoms with Gasteiger partial charge in [-0.1, -0.05) is 0 Å². The minimum atomic E-state index is -1.42. The van der Waals surface area contributed by atoms with Crippen molar-refractivity contribution in [3.05, 3.63) is 11.8 Å². The zero-order valence-electron chi connectivity index (χ0n) is 21.3. The topological polar surface area (TPSA) is 172 Å². The second kappa shape index (κ2) is 11.7. The molecular formula is C24H30O14. The Labute approximate surface area is 217 Å². The highest BCUT2D eigenvalue weighted by Gasteiger charge is 2.56. The van der Waals surface area contributed by atoms with Gasteiger partial charge in [-0.25, -0.2) is 4.79 Å². The third-order valence-corrected chi connectivity index (χ3v) is 6.41. The molecule has 1 unspecified atom stereocenters. The van der Waals surface area contributed by atoms with Gasteiger partial charge in [0, 0.05) is 33.6 Å². The van der Waals surface area contributed by atoms with E-state index in [-0.39, 0.29) is 18.6 Å². The van der Waals surface area contributed by atoms with Crippen LogP contribution in [0.25, 0.3) is 0 Å². The first-order valence-electron chi connectivity index (χ1n) is 12.1. The number of rotatable bonds is 8. The Hall–Kier alpha value is -3.23. The Bertz CT molecular complexity index is 987. The molecule has 3 saturated heterocycles. The molecular weight excluding hydrogens is 512 g/mol. The van der Waals surface area contributed by atoms with Crippen LogP contribution in [0.2, 0.25) is 0 Å². The minimum absolute atomic E-state index is 0.218. The van der Waals surface area contributed by atoms with Crippen LogP contribution >= 0.6 is 0 Å². The quantitative estimate of drug-likeness (QED) is 0.226. The van der Waals surface area contributed by atoms with Crippen LogP contribution in [0.1, 0.15) is 34.1 Å². The van der Waals surface area contributed by atoms with Crippen molar-refractivity contribution in [2.24, 2.45) is 11.8 Å². The summed E-state index contributed by atoms with van der Waals surface area (Å²) >= 11 is 0. The fourth-order valence-corrected chi connectivity index (χ4v) is 4.89. The van der Waals surface area contributed by atoms with Gasteiger partial charge in [-0.15, -0.1) is 0 Å². The number of fused-ring (bicyclic) bond motifs is 1. The molecule has 0 radical (unpaired) electrons. The van der Waals surface area contributed by atoms with E-state index >= 15 is 0 Å². The number of hydrogen-bond acceptors (Lipinski definition) is 14. The van der Waals surface area contributed by atoms with Crippen molar-refractivity contribution in [2.45, 2.75) is 77.2 Å². The second-order valence-electron chi connectivity index (χ2n) is 9.26. The summed E-state index contributed by atoms with van der Waals surface area (Å²) in [5, 5.41) is 0. The van der Waals surface area contributed by atoms with Gasteiger partial charge in [-0.05, 0) is 6.42 Å². The van der Waals surface area contributed by atoms with E-state index < -0.39 is 79.4 Å². The molecule has 0 aromatic carbocycles. The summed E-state index contributed by atoms with van der Waals surface area (Å²) in [6, 6.07) is 0. The van der Waals surface area contributed by atoms with Gasteiger partial charge in [-0.2, -0.15) is 0 Å². The predicted molar refractivity (Wildman–Crippen MR) is 118 cm³/mol. The van der Waals surface area contributed by atoms with Crippen molar-refractivity contribution in [2.75, 3.05) is 19.8 Å². The van der Waals surface area contributed by atoms with Crippen LogP contribution in [0, 0.1) is 11.8 Å². The van der Waals surface area contributed by atoms with Gasteiger partial charge in [0.2, 0.25) is 12.6 Å². The van der Waals surface area contributed by atoms with Crippen molar-refractivity contribution in [1.29, 1.82) is 0 Å². The second-order valence-corrected chi connectivity index (χ2v) is 9.26. The Morgan fingerprint density at radius 1 is 0.895 bits per heavy atom. The third kappa shape index (κ3) is 6.42. The van der Waals surface area contributed by atoms with Crippen LogP contribution in [-0.4, -0.2) is 92.8 Å². The predicted octanol–water partition coefficient (Wildman–Crippen LogP) is -0.0956. The molecule has 4 aliphatic rings. The van der Waals surface area contributed by atoms with Crippen LogP contribution in [0.3, 0.4) is 0 Å². The number of cyclic esters (lactones) is 1. The molecule has 210 valence electrons. The zero-order chi connectivity index (χ0) is 27.6. The number of carbonyl (C=O) groups is 5. The fraction of sp³-hybridized carbons (Fsp3) is 0.708. The van der Waals surface area contributed by atoms with Crippen molar-refractivity contribution in [1.82, 2.24) is 0 Å². The molecule has 0 N–H and O–H groups in total. The molecule has 3 fully saturated rings. The summed E-state index contributed by atoms with van der Waals surface area (Å²) in [6.45, 7) is 4.82. The van der Waals surface area contributed by atoms with E-state index in [9.17, 15) is 24.0 Å². The maximum atomic E-state index is 12.3. The highest BCUT2D eigenvalue weighted by atomic mass is 16.8. The van der Waals surface area contributed by atoms with E-state index in [1.807, 2.05) is 0 Å². The molecule has 0 amide bonds. The summed E-state index contributed by atoms with van der Waals surface area (Å²) in [5.41, 5.74) is 0.359. The smallest absolute Gasteiger partial charge is 0.337 e. The largest absolute Gasteiger partial charge is 0.471 e. The SMILES string of the molecule is CC(=O)OC[C@H]1O[C@@H](O[C@@H]2OC=C3C(=O)OCC[C@H]3[C@H]2C2CO2)[C@H](OC(C)=O)[C@@H](OC(C)=O)[C@@H]1OC(C)=O. The maximum absolute atomic E-state index is 12.3. The Morgan fingerprint density at radius 3 is 2.13 bits per heavy atom. The van der Waals surface area contributed by atoms with Gasteiger partial charge in [0.1, 0.15) is 12.7 Å². The lowest BCUT2D eigenvalue weighted by molar-refractivity contribution is -0.345. The van der Waals surface area contributed by atoms with E-state index in [1.165, 1.54) is 13.2 Å². The number of ether oxygens (including phenoxy) is 9. The molecule has 0 saturated carbocycles. The Balaban J connectivity index is 1.66. The van der Waals surface area contributed by atoms with E-state index in [1.54, 1.807) is 0 Å². The summed E-state index contributed by atoms with van der Waals surface area (Å²) in [5.74, 6) is -4.11. The van der Waals surface area contributed by atoms with E-state index in [2.05, 4.69) is 0 Å². The molecule has 14 nitrogen and oxygen atoms in total. The average Bonchev–Trinajstić information content (AvgIpc) is 3.66. The van der Waals surface area contributed by atoms with E-state index in [0.717, 1.165) is 20.8 Å². The normalized spacial score (nSPS) is 35.8. The lowest BCUT2D eigenvalue weighted by Crippen LogP contribution is -2.63. The van der Waals surface area contributed by atoms with Crippen LogP contribution in [0.5, 0.6) is 0 Å². The number of hydrogen-bond donors (Lipinski definition) is 0. The molecule has 14 heteroatoms. The molecule has 0 aliphatic carbocycles. The summed E-state index contributed by atoms with van der Waals surface area (Å²) in [7, 11) is 0. The first-order valence-corrected chi connectivity index (χ1v) is 12.1. The highest BCUT2D eigenvalue weighted by molar-refractivity contribution is 5.89. The highest BCUT2D eigenvalue weighted by Crippen LogP contribution is 2.44. The molecule has 4 heterocycles. The van der Waals surface area contributed by atoms with Gasteiger partial charge in [0.15, 0.2) is 18.3 Å². The van der Waals surface area contributed by atoms with Gasteiger partial charge >= 0.3 is 29.8 Å². The minimum Gasteiger partial charge on any atom is -0.471 e. The summed E-state index contributed by atoms with van der Waals surface area (Å²) in [6.07, 6.45) is -6.20. The Morgan fingerprint density at radius 2 is 1.53 bits per heavy atom. The lowest BCUT2D eigenvalue weighted by Gasteiger charge is -2.46.